The summed E-state index contributed by atoms with van der Waals surface area (Å²) < 4.78 is 26.6. The maximum atomic E-state index is 12.7. The summed E-state index contributed by atoms with van der Waals surface area (Å²) in [5.74, 6) is -0.345. The van der Waals surface area contributed by atoms with Crippen LogP contribution in [-0.4, -0.2) is 55.8 Å². The highest BCUT2D eigenvalue weighted by Crippen LogP contribution is 2.26. The van der Waals surface area contributed by atoms with Gasteiger partial charge in [0.15, 0.2) is 6.04 Å². The second-order valence-electron chi connectivity index (χ2n) is 7.45. The summed E-state index contributed by atoms with van der Waals surface area (Å²) in [4.78, 5) is 24.0. The van der Waals surface area contributed by atoms with Gasteiger partial charge in [0, 0.05) is 17.5 Å². The Morgan fingerprint density at radius 3 is 2.50 bits per heavy atom. The van der Waals surface area contributed by atoms with Crippen molar-refractivity contribution in [3.8, 4) is 0 Å². The van der Waals surface area contributed by atoms with E-state index in [9.17, 15) is 23.3 Å². The van der Waals surface area contributed by atoms with Crippen molar-refractivity contribution in [3.05, 3.63) is 74.6 Å². The molecule has 32 heavy (non-hydrogen) atoms. The Labute approximate surface area is 191 Å². The number of nitrogens with one attached hydrogen (secondary N) is 2. The SMILES string of the molecule is C[C@@H](C(=O)Nc1cc([N+](=O)[O-])ccc1Cl)[NH+]1CCN(S(=O)(=O)/C=C/c2ccccc2)CC1. The fourth-order valence-corrected chi connectivity index (χ4v) is 4.78. The van der Waals surface area contributed by atoms with Crippen LogP contribution in [0.4, 0.5) is 11.4 Å². The molecule has 0 unspecified atom stereocenters. The number of sulfonamides is 1. The van der Waals surface area contributed by atoms with Gasteiger partial charge >= 0.3 is 0 Å². The van der Waals surface area contributed by atoms with Crippen LogP contribution in [0.2, 0.25) is 5.02 Å². The van der Waals surface area contributed by atoms with Crippen molar-refractivity contribution in [2.24, 2.45) is 0 Å². The van der Waals surface area contributed by atoms with Gasteiger partial charge in [0.25, 0.3) is 11.6 Å². The number of piperazine rings is 1. The maximum Gasteiger partial charge on any atom is 0.282 e. The van der Waals surface area contributed by atoms with Gasteiger partial charge in [0.05, 0.1) is 41.8 Å². The predicted molar refractivity (Wildman–Crippen MR) is 123 cm³/mol. The van der Waals surface area contributed by atoms with E-state index in [1.807, 2.05) is 30.3 Å². The van der Waals surface area contributed by atoms with E-state index >= 15 is 0 Å². The van der Waals surface area contributed by atoms with Crippen LogP contribution in [0.5, 0.6) is 0 Å². The van der Waals surface area contributed by atoms with Crippen LogP contribution in [0.25, 0.3) is 6.08 Å². The lowest BCUT2D eigenvalue weighted by Gasteiger charge is -2.33. The first-order valence-corrected chi connectivity index (χ1v) is 11.9. The number of amides is 1. The molecule has 0 aromatic heterocycles. The van der Waals surface area contributed by atoms with Crippen LogP contribution < -0.4 is 10.2 Å². The zero-order valence-electron chi connectivity index (χ0n) is 17.4. The molecule has 0 bridgehead atoms. The molecule has 2 aromatic carbocycles. The average molecular weight is 480 g/mol. The van der Waals surface area contributed by atoms with Crippen LogP contribution in [0.3, 0.4) is 0 Å². The van der Waals surface area contributed by atoms with Gasteiger partial charge in [-0.2, -0.15) is 4.31 Å². The van der Waals surface area contributed by atoms with Gasteiger partial charge in [0.1, 0.15) is 0 Å². The lowest BCUT2D eigenvalue weighted by molar-refractivity contribution is -0.917. The minimum atomic E-state index is -3.56. The van der Waals surface area contributed by atoms with E-state index in [4.69, 9.17) is 11.6 Å². The quantitative estimate of drug-likeness (QED) is 0.464. The Bertz CT molecular complexity index is 1120. The van der Waals surface area contributed by atoms with Gasteiger partial charge in [0.2, 0.25) is 10.0 Å². The van der Waals surface area contributed by atoms with Gasteiger partial charge in [-0.15, -0.1) is 0 Å². The molecule has 1 atom stereocenters. The molecule has 0 aliphatic carbocycles. The molecular weight excluding hydrogens is 456 g/mol. The van der Waals surface area contributed by atoms with E-state index in [1.165, 1.54) is 27.9 Å². The molecule has 1 aliphatic heterocycles. The number of benzene rings is 2. The highest BCUT2D eigenvalue weighted by atomic mass is 35.5. The molecule has 1 aliphatic rings. The molecule has 0 radical (unpaired) electrons. The topological polar surface area (TPSA) is 114 Å². The Hall–Kier alpha value is -2.79. The van der Waals surface area contributed by atoms with Crippen LogP contribution >= 0.6 is 11.6 Å². The monoisotopic (exact) mass is 479 g/mol. The maximum absolute atomic E-state index is 12.7. The summed E-state index contributed by atoms with van der Waals surface area (Å²) in [6.45, 7) is 3.21. The Kier molecular flexibility index (Phi) is 7.62. The number of nitrogens with zero attached hydrogens (tertiary/aromatic N) is 2. The third-order valence-electron chi connectivity index (χ3n) is 5.38. The van der Waals surface area contributed by atoms with Crippen molar-refractivity contribution in [2.75, 3.05) is 31.5 Å². The molecule has 1 fully saturated rings. The van der Waals surface area contributed by atoms with E-state index in [0.29, 0.717) is 13.1 Å². The first kappa shape index (κ1) is 23.9. The molecular formula is C21H24ClN4O5S+. The number of rotatable bonds is 7. The van der Waals surface area contributed by atoms with Crippen molar-refractivity contribution in [3.63, 3.8) is 0 Å². The molecule has 11 heteroatoms. The van der Waals surface area contributed by atoms with Crippen LogP contribution in [0.15, 0.2) is 53.9 Å². The number of nitro groups is 1. The zero-order chi connectivity index (χ0) is 23.3. The fraction of sp³-hybridized carbons (Fsp3) is 0.286. The molecule has 1 saturated heterocycles. The zero-order valence-corrected chi connectivity index (χ0v) is 19.0. The summed E-state index contributed by atoms with van der Waals surface area (Å²) >= 11 is 6.05. The predicted octanol–water partition coefficient (Wildman–Crippen LogP) is 1.78. The first-order chi connectivity index (χ1) is 15.2. The van der Waals surface area contributed by atoms with Crippen LogP contribution in [0.1, 0.15) is 12.5 Å². The Morgan fingerprint density at radius 2 is 1.88 bits per heavy atom. The first-order valence-electron chi connectivity index (χ1n) is 10.00. The van der Waals surface area contributed by atoms with Crippen molar-refractivity contribution in [1.82, 2.24) is 4.31 Å². The fourth-order valence-electron chi connectivity index (χ4n) is 3.42. The second kappa shape index (κ2) is 10.2. The average Bonchev–Trinajstić information content (AvgIpc) is 2.79. The van der Waals surface area contributed by atoms with E-state index < -0.39 is 21.0 Å². The van der Waals surface area contributed by atoms with E-state index in [0.717, 1.165) is 10.5 Å². The molecule has 9 nitrogen and oxygen atoms in total. The summed E-state index contributed by atoms with van der Waals surface area (Å²) in [5, 5.41) is 15.0. The van der Waals surface area contributed by atoms with Crippen molar-refractivity contribution >= 4 is 45.0 Å². The standard InChI is InChI=1S/C21H23ClN4O5S/c1-16(21(27)23-20-15-18(26(28)29)7-8-19(20)22)24-10-12-25(13-11-24)32(30,31)14-9-17-5-3-2-4-6-17/h2-9,14-16H,10-13H2,1H3,(H,23,27)/p+1/b14-9+/t16-/m0/s1. The number of anilines is 1. The van der Waals surface area contributed by atoms with Gasteiger partial charge in [-0.1, -0.05) is 41.9 Å². The number of halogens is 1. The molecule has 1 heterocycles. The molecule has 0 spiro atoms. The number of carbonyl (C=O) groups is 1. The molecule has 0 saturated carbocycles. The van der Waals surface area contributed by atoms with Crippen LogP contribution in [0, 0.1) is 10.1 Å². The minimum absolute atomic E-state index is 0.171. The normalized spacial score (nSPS) is 16.7. The minimum Gasteiger partial charge on any atom is -0.323 e. The molecule has 2 N–H and O–H groups in total. The highest BCUT2D eigenvalue weighted by Gasteiger charge is 2.33. The van der Waals surface area contributed by atoms with Gasteiger partial charge in [-0.25, -0.2) is 8.42 Å². The number of carbonyl (C=O) groups excluding carboxylic acids is 1. The summed E-state index contributed by atoms with van der Waals surface area (Å²) in [7, 11) is -3.56. The lowest BCUT2D eigenvalue weighted by atomic mass is 10.2. The van der Waals surface area contributed by atoms with Crippen molar-refractivity contribution in [1.29, 1.82) is 0 Å². The van der Waals surface area contributed by atoms with Gasteiger partial charge < -0.3 is 10.2 Å². The molecule has 1 amide bonds. The summed E-state index contributed by atoms with van der Waals surface area (Å²) in [5.41, 5.74) is 0.793. The van der Waals surface area contributed by atoms with Gasteiger partial charge in [-0.05, 0) is 24.6 Å². The molecule has 3 rings (SSSR count). The van der Waals surface area contributed by atoms with Crippen molar-refractivity contribution in [2.45, 2.75) is 13.0 Å². The third kappa shape index (κ3) is 5.92. The van der Waals surface area contributed by atoms with E-state index in [2.05, 4.69) is 5.32 Å². The lowest BCUT2D eigenvalue weighted by Crippen LogP contribution is -3.19. The van der Waals surface area contributed by atoms with Crippen LogP contribution in [-0.2, 0) is 14.8 Å². The number of nitro benzene ring substituents is 1. The molecule has 2 aromatic rings. The summed E-state index contributed by atoms with van der Waals surface area (Å²) in [6.07, 6.45) is 1.56. The number of hydrogen-bond donors (Lipinski definition) is 2. The molecule has 170 valence electrons. The van der Waals surface area contributed by atoms with Crippen molar-refractivity contribution < 1.29 is 23.0 Å². The Morgan fingerprint density at radius 1 is 1.22 bits per heavy atom. The number of hydrogen-bond acceptors (Lipinski definition) is 5. The Balaban J connectivity index is 1.58. The second-order valence-corrected chi connectivity index (χ2v) is 9.67. The van der Waals surface area contributed by atoms with E-state index in [-0.39, 0.29) is 35.4 Å². The van der Waals surface area contributed by atoms with E-state index in [1.54, 1.807) is 13.0 Å². The van der Waals surface area contributed by atoms with Gasteiger partial charge in [-0.3, -0.25) is 14.9 Å². The smallest absolute Gasteiger partial charge is 0.282 e. The largest absolute Gasteiger partial charge is 0.323 e. The summed E-state index contributed by atoms with van der Waals surface area (Å²) in [6, 6.07) is 12.5. The third-order valence-corrected chi connectivity index (χ3v) is 7.28. The number of quaternary nitrogens is 1. The number of non-ortho nitro benzene ring substituents is 1. The highest BCUT2D eigenvalue weighted by molar-refractivity contribution is 7.92.